The number of carbonyl (C=O) groups is 2. The van der Waals surface area contributed by atoms with Gasteiger partial charge in [-0.15, -0.1) is 0 Å². The van der Waals surface area contributed by atoms with Gasteiger partial charge >= 0.3 is 5.97 Å². The van der Waals surface area contributed by atoms with E-state index in [0.29, 0.717) is 17.0 Å². The number of nitrogens with one attached hydrogen (secondary N) is 1. The molecule has 2 N–H and O–H groups in total. The first-order valence-corrected chi connectivity index (χ1v) is 7.82. The monoisotopic (exact) mass is 337 g/mol. The van der Waals surface area contributed by atoms with E-state index >= 15 is 0 Å². The predicted molar refractivity (Wildman–Crippen MR) is 87.7 cm³/mol. The summed E-state index contributed by atoms with van der Waals surface area (Å²) < 4.78 is 5.36. The van der Waals surface area contributed by atoms with Crippen LogP contribution in [0.4, 0.5) is 0 Å². The van der Waals surface area contributed by atoms with E-state index in [0.717, 1.165) is 11.3 Å². The van der Waals surface area contributed by atoms with Crippen LogP contribution in [0.5, 0.6) is 0 Å². The Balaban J connectivity index is 1.68. The third-order valence-electron chi connectivity index (χ3n) is 4.36. The highest BCUT2D eigenvalue weighted by atomic mass is 16.4. The maximum Gasteiger partial charge on any atom is 0.326 e. The normalized spacial score (nSPS) is 16.5. The van der Waals surface area contributed by atoms with E-state index in [1.807, 2.05) is 6.07 Å². The minimum Gasteiger partial charge on any atom is -0.480 e. The average Bonchev–Trinajstić information content (AvgIpc) is 3.31. The molecule has 3 aromatic rings. The lowest BCUT2D eigenvalue weighted by molar-refractivity contribution is -0.142. The number of nitrogens with zero attached hydrogens (tertiary/aromatic N) is 2. The Labute approximate surface area is 142 Å². The molecule has 7 heteroatoms. The molecule has 0 saturated heterocycles. The first-order chi connectivity index (χ1) is 12.1. The molecular formula is C18H15N3O4. The molecule has 1 aliphatic heterocycles. The number of hydrogen-bond donors (Lipinski definition) is 2. The summed E-state index contributed by atoms with van der Waals surface area (Å²) in [5.74, 6) is -0.718. The van der Waals surface area contributed by atoms with E-state index in [4.69, 9.17) is 4.42 Å². The van der Waals surface area contributed by atoms with Gasteiger partial charge in [0.15, 0.2) is 0 Å². The van der Waals surface area contributed by atoms with Crippen LogP contribution in [-0.4, -0.2) is 37.9 Å². The van der Waals surface area contributed by atoms with E-state index in [-0.39, 0.29) is 18.9 Å². The van der Waals surface area contributed by atoms with Crippen LogP contribution >= 0.6 is 0 Å². The molecular weight excluding hydrogens is 322 g/mol. The van der Waals surface area contributed by atoms with Crippen molar-refractivity contribution in [1.29, 1.82) is 0 Å². The van der Waals surface area contributed by atoms with Crippen LogP contribution in [0.2, 0.25) is 0 Å². The number of carbonyl (C=O) groups excluding carboxylic acids is 1. The van der Waals surface area contributed by atoms with Crippen LogP contribution < -0.4 is 0 Å². The molecule has 0 saturated carbocycles. The van der Waals surface area contributed by atoms with Gasteiger partial charge in [-0.3, -0.25) is 4.79 Å². The van der Waals surface area contributed by atoms with Crippen molar-refractivity contribution >= 4 is 11.9 Å². The number of rotatable bonds is 3. The molecule has 25 heavy (non-hydrogen) atoms. The second-order valence-electron chi connectivity index (χ2n) is 5.88. The highest BCUT2D eigenvalue weighted by Crippen LogP contribution is 2.25. The lowest BCUT2D eigenvalue weighted by atomic mass is 10.0. The Morgan fingerprint density at radius 3 is 2.92 bits per heavy atom. The van der Waals surface area contributed by atoms with Crippen molar-refractivity contribution in [1.82, 2.24) is 14.9 Å². The van der Waals surface area contributed by atoms with E-state index in [9.17, 15) is 14.7 Å². The average molecular weight is 337 g/mol. The second-order valence-corrected chi connectivity index (χ2v) is 5.88. The smallest absolute Gasteiger partial charge is 0.326 e. The van der Waals surface area contributed by atoms with Gasteiger partial charge in [-0.1, -0.05) is 12.1 Å². The molecule has 0 unspecified atom stereocenters. The van der Waals surface area contributed by atoms with Crippen molar-refractivity contribution in [3.63, 3.8) is 0 Å². The van der Waals surface area contributed by atoms with Crippen LogP contribution in [0.15, 0.2) is 53.4 Å². The van der Waals surface area contributed by atoms with Crippen molar-refractivity contribution in [3.8, 4) is 11.3 Å². The SMILES string of the molecule is O=C(O)[C@@H]1Cc2nc[nH]c2CN1C(=O)c1cccc(-c2ccco2)c1. The van der Waals surface area contributed by atoms with Crippen LogP contribution in [0.3, 0.4) is 0 Å². The van der Waals surface area contributed by atoms with Gasteiger partial charge in [0, 0.05) is 17.5 Å². The quantitative estimate of drug-likeness (QED) is 0.764. The number of benzene rings is 1. The number of imidazole rings is 1. The van der Waals surface area contributed by atoms with E-state index in [1.54, 1.807) is 36.6 Å². The number of aromatic nitrogens is 2. The zero-order valence-electron chi connectivity index (χ0n) is 13.2. The summed E-state index contributed by atoms with van der Waals surface area (Å²) in [4.78, 5) is 33.1. The molecule has 0 fully saturated rings. The van der Waals surface area contributed by atoms with Gasteiger partial charge in [-0.05, 0) is 24.3 Å². The number of amides is 1. The van der Waals surface area contributed by atoms with Gasteiger partial charge in [-0.2, -0.15) is 0 Å². The summed E-state index contributed by atoms with van der Waals surface area (Å²) in [5.41, 5.74) is 2.65. The summed E-state index contributed by atoms with van der Waals surface area (Å²) in [6, 6.07) is 9.63. The molecule has 7 nitrogen and oxygen atoms in total. The highest BCUT2D eigenvalue weighted by Gasteiger charge is 2.36. The first kappa shape index (κ1) is 15.2. The molecule has 1 atom stereocenters. The molecule has 4 rings (SSSR count). The minimum absolute atomic E-state index is 0.191. The lowest BCUT2D eigenvalue weighted by Gasteiger charge is -2.32. The van der Waals surface area contributed by atoms with Crippen molar-refractivity contribution in [2.45, 2.75) is 19.0 Å². The molecule has 2 aromatic heterocycles. The van der Waals surface area contributed by atoms with E-state index in [2.05, 4.69) is 9.97 Å². The Hall–Kier alpha value is -3.35. The Kier molecular flexibility index (Phi) is 3.61. The molecule has 0 aliphatic carbocycles. The predicted octanol–water partition coefficient (Wildman–Crippen LogP) is 2.32. The molecule has 0 bridgehead atoms. The minimum atomic E-state index is -1.04. The van der Waals surface area contributed by atoms with Gasteiger partial charge < -0.3 is 19.4 Å². The number of fused-ring (bicyclic) bond motifs is 1. The summed E-state index contributed by atoms with van der Waals surface area (Å²) in [5, 5.41) is 9.53. The first-order valence-electron chi connectivity index (χ1n) is 7.82. The lowest BCUT2D eigenvalue weighted by Crippen LogP contribution is -2.48. The largest absolute Gasteiger partial charge is 0.480 e. The van der Waals surface area contributed by atoms with Gasteiger partial charge in [0.25, 0.3) is 5.91 Å². The van der Waals surface area contributed by atoms with Crippen molar-refractivity contribution < 1.29 is 19.1 Å². The second kappa shape index (κ2) is 5.94. The fraction of sp³-hybridized carbons (Fsp3) is 0.167. The molecule has 3 heterocycles. The van der Waals surface area contributed by atoms with Crippen LogP contribution in [0.25, 0.3) is 11.3 Å². The summed E-state index contributed by atoms with van der Waals surface area (Å²) >= 11 is 0. The molecule has 0 radical (unpaired) electrons. The van der Waals surface area contributed by atoms with E-state index in [1.165, 1.54) is 11.2 Å². The van der Waals surface area contributed by atoms with Gasteiger partial charge in [0.2, 0.25) is 0 Å². The number of carboxylic acids is 1. The van der Waals surface area contributed by atoms with Crippen molar-refractivity contribution in [2.75, 3.05) is 0 Å². The number of H-pyrrole nitrogens is 1. The zero-order valence-corrected chi connectivity index (χ0v) is 13.2. The fourth-order valence-electron chi connectivity index (χ4n) is 3.08. The number of carboxylic acid groups (broad SMARTS) is 1. The van der Waals surface area contributed by atoms with Crippen LogP contribution in [0, 0.1) is 0 Å². The number of hydrogen-bond acceptors (Lipinski definition) is 4. The summed E-state index contributed by atoms with van der Waals surface area (Å²) in [7, 11) is 0. The number of aliphatic carboxylic acids is 1. The number of aromatic amines is 1. The summed E-state index contributed by atoms with van der Waals surface area (Å²) in [6.45, 7) is 0.191. The fourth-order valence-corrected chi connectivity index (χ4v) is 3.08. The molecule has 0 spiro atoms. The van der Waals surface area contributed by atoms with Crippen LogP contribution in [0.1, 0.15) is 21.7 Å². The summed E-state index contributed by atoms with van der Waals surface area (Å²) in [6.07, 6.45) is 3.28. The Morgan fingerprint density at radius 1 is 1.28 bits per heavy atom. The Bertz CT molecular complexity index is 929. The van der Waals surface area contributed by atoms with Crippen LogP contribution in [-0.2, 0) is 17.8 Å². The molecule has 126 valence electrons. The standard InChI is InChI=1S/C18H15N3O4/c22-17(12-4-1-3-11(7-12)16-5-2-6-25-16)21-9-14-13(19-10-20-14)8-15(21)18(23)24/h1-7,10,15H,8-9H2,(H,19,20)(H,23,24)/t15-/m0/s1. The molecule has 1 amide bonds. The number of furan rings is 1. The third-order valence-corrected chi connectivity index (χ3v) is 4.36. The topological polar surface area (TPSA) is 99.4 Å². The van der Waals surface area contributed by atoms with Crippen molar-refractivity contribution in [2.24, 2.45) is 0 Å². The Morgan fingerprint density at radius 2 is 2.16 bits per heavy atom. The van der Waals surface area contributed by atoms with Gasteiger partial charge in [-0.25, -0.2) is 9.78 Å². The van der Waals surface area contributed by atoms with E-state index < -0.39 is 12.0 Å². The van der Waals surface area contributed by atoms with Gasteiger partial charge in [0.05, 0.1) is 30.5 Å². The molecule has 1 aromatic carbocycles. The third kappa shape index (κ3) is 2.69. The zero-order chi connectivity index (χ0) is 17.4. The van der Waals surface area contributed by atoms with Gasteiger partial charge in [0.1, 0.15) is 11.8 Å². The molecule has 1 aliphatic rings. The maximum absolute atomic E-state index is 13.0. The maximum atomic E-state index is 13.0. The highest BCUT2D eigenvalue weighted by molar-refractivity contribution is 5.97. The van der Waals surface area contributed by atoms with Crippen molar-refractivity contribution in [3.05, 3.63) is 65.9 Å².